The quantitative estimate of drug-likeness (QED) is 0.885. The number of aliphatic hydroxyl groups is 1. The molecule has 2 rings (SSSR count). The van der Waals surface area contributed by atoms with Gasteiger partial charge in [0, 0.05) is 10.9 Å². The molecule has 1 aromatic rings. The van der Waals surface area contributed by atoms with Gasteiger partial charge in [-0.1, -0.05) is 22.0 Å². The van der Waals surface area contributed by atoms with Crippen molar-refractivity contribution >= 4 is 15.9 Å². The lowest BCUT2D eigenvalue weighted by Crippen LogP contribution is -2.17. The van der Waals surface area contributed by atoms with Crippen LogP contribution in [0.2, 0.25) is 0 Å². The summed E-state index contributed by atoms with van der Waals surface area (Å²) in [7, 11) is 0. The summed E-state index contributed by atoms with van der Waals surface area (Å²) < 4.78 is 38.6. The van der Waals surface area contributed by atoms with Gasteiger partial charge in [-0.2, -0.15) is 13.2 Å². The standard InChI is InChI=1S/C11H10BrF3O/c12-9-3-1-2-8(11(13,14)15)7(9)6-10(16)4-5-10/h1-3,16H,4-6H2. The first kappa shape index (κ1) is 11.9. The van der Waals surface area contributed by atoms with E-state index in [1.165, 1.54) is 6.07 Å². The Labute approximate surface area is 99.4 Å². The highest BCUT2D eigenvalue weighted by atomic mass is 79.9. The van der Waals surface area contributed by atoms with Crippen LogP contribution in [-0.2, 0) is 12.6 Å². The van der Waals surface area contributed by atoms with Gasteiger partial charge < -0.3 is 5.11 Å². The van der Waals surface area contributed by atoms with E-state index in [1.807, 2.05) is 0 Å². The molecule has 1 fully saturated rings. The molecule has 0 unspecified atom stereocenters. The van der Waals surface area contributed by atoms with E-state index in [2.05, 4.69) is 15.9 Å². The van der Waals surface area contributed by atoms with Gasteiger partial charge in [-0.15, -0.1) is 0 Å². The fourth-order valence-corrected chi connectivity index (χ4v) is 2.16. The third-order valence-electron chi connectivity index (χ3n) is 2.76. The average molecular weight is 295 g/mol. The minimum absolute atomic E-state index is 0.0588. The smallest absolute Gasteiger partial charge is 0.390 e. The third kappa shape index (κ3) is 2.40. The molecule has 0 aromatic heterocycles. The molecule has 0 saturated heterocycles. The molecule has 88 valence electrons. The van der Waals surface area contributed by atoms with Crippen LogP contribution in [0.3, 0.4) is 0 Å². The van der Waals surface area contributed by atoms with Gasteiger partial charge in [0.15, 0.2) is 0 Å². The Bertz CT molecular complexity index is 410. The lowest BCUT2D eigenvalue weighted by atomic mass is 10.00. The highest BCUT2D eigenvalue weighted by molar-refractivity contribution is 9.10. The summed E-state index contributed by atoms with van der Waals surface area (Å²) in [4.78, 5) is 0. The number of alkyl halides is 3. The summed E-state index contributed by atoms with van der Waals surface area (Å²) in [5.74, 6) is 0. The predicted octanol–water partition coefficient (Wildman–Crippen LogP) is 3.54. The summed E-state index contributed by atoms with van der Waals surface area (Å²) in [5.41, 5.74) is -1.44. The van der Waals surface area contributed by atoms with Crippen LogP contribution < -0.4 is 0 Å². The van der Waals surface area contributed by atoms with E-state index in [4.69, 9.17) is 0 Å². The van der Waals surface area contributed by atoms with Crippen molar-refractivity contribution in [2.75, 3.05) is 0 Å². The molecule has 16 heavy (non-hydrogen) atoms. The SMILES string of the molecule is OC1(Cc2c(Br)cccc2C(F)(F)F)CC1. The minimum atomic E-state index is -4.37. The molecule has 1 saturated carbocycles. The zero-order chi connectivity index (χ0) is 12.0. The van der Waals surface area contributed by atoms with Crippen LogP contribution in [0.25, 0.3) is 0 Å². The van der Waals surface area contributed by atoms with Gasteiger partial charge >= 0.3 is 6.18 Å². The highest BCUT2D eigenvalue weighted by Gasteiger charge is 2.43. The van der Waals surface area contributed by atoms with Crippen LogP contribution in [0, 0.1) is 0 Å². The van der Waals surface area contributed by atoms with Gasteiger partial charge in [-0.25, -0.2) is 0 Å². The molecule has 0 aliphatic heterocycles. The van der Waals surface area contributed by atoms with E-state index in [0.29, 0.717) is 17.3 Å². The zero-order valence-corrected chi connectivity index (χ0v) is 9.90. The maximum atomic E-state index is 12.7. The van der Waals surface area contributed by atoms with Crippen molar-refractivity contribution in [1.82, 2.24) is 0 Å². The number of hydrogen-bond donors (Lipinski definition) is 1. The molecule has 0 amide bonds. The largest absolute Gasteiger partial charge is 0.416 e. The third-order valence-corrected chi connectivity index (χ3v) is 3.50. The second-order valence-electron chi connectivity index (χ2n) is 4.16. The predicted molar refractivity (Wildman–Crippen MR) is 57.0 cm³/mol. The molecular weight excluding hydrogens is 285 g/mol. The molecular formula is C11H10BrF3O. The van der Waals surface area contributed by atoms with Crippen molar-refractivity contribution in [2.24, 2.45) is 0 Å². The fraction of sp³-hybridized carbons (Fsp3) is 0.455. The van der Waals surface area contributed by atoms with Gasteiger partial charge in [0.05, 0.1) is 11.2 Å². The first-order chi connectivity index (χ1) is 7.32. The molecule has 0 heterocycles. The monoisotopic (exact) mass is 294 g/mol. The summed E-state index contributed by atoms with van der Waals surface area (Å²) in [6, 6.07) is 3.97. The lowest BCUT2D eigenvalue weighted by Gasteiger charge is -2.16. The first-order valence-corrected chi connectivity index (χ1v) is 5.68. The summed E-state index contributed by atoms with van der Waals surface area (Å²) in [6.07, 6.45) is -3.16. The van der Waals surface area contributed by atoms with Gasteiger partial charge in [0.25, 0.3) is 0 Å². The van der Waals surface area contributed by atoms with Crippen LogP contribution in [0.1, 0.15) is 24.0 Å². The van der Waals surface area contributed by atoms with E-state index >= 15 is 0 Å². The van der Waals surface area contributed by atoms with Crippen molar-refractivity contribution in [3.63, 3.8) is 0 Å². The number of rotatable bonds is 2. The highest BCUT2D eigenvalue weighted by Crippen LogP contribution is 2.43. The van der Waals surface area contributed by atoms with Crippen molar-refractivity contribution in [3.8, 4) is 0 Å². The maximum absolute atomic E-state index is 12.7. The number of hydrogen-bond acceptors (Lipinski definition) is 1. The summed E-state index contributed by atoms with van der Waals surface area (Å²) >= 11 is 3.11. The van der Waals surface area contributed by atoms with Crippen LogP contribution >= 0.6 is 15.9 Å². The topological polar surface area (TPSA) is 20.2 Å². The second-order valence-corrected chi connectivity index (χ2v) is 5.02. The Morgan fingerprint density at radius 2 is 1.94 bits per heavy atom. The number of halogens is 4. The molecule has 0 atom stereocenters. The first-order valence-electron chi connectivity index (χ1n) is 4.89. The Hall–Kier alpha value is -0.550. The Balaban J connectivity index is 2.40. The zero-order valence-electron chi connectivity index (χ0n) is 8.31. The molecule has 1 nitrogen and oxygen atoms in total. The lowest BCUT2D eigenvalue weighted by molar-refractivity contribution is -0.138. The van der Waals surface area contributed by atoms with Gasteiger partial charge in [0.2, 0.25) is 0 Å². The summed E-state index contributed by atoms with van der Waals surface area (Å²) in [6.45, 7) is 0. The molecule has 0 bridgehead atoms. The normalized spacial score (nSPS) is 18.6. The van der Waals surface area contributed by atoms with Crippen molar-refractivity contribution < 1.29 is 18.3 Å². The Morgan fingerprint density at radius 1 is 1.31 bits per heavy atom. The molecule has 1 N–H and O–H groups in total. The molecule has 1 aliphatic carbocycles. The Morgan fingerprint density at radius 3 is 2.44 bits per heavy atom. The van der Waals surface area contributed by atoms with Gasteiger partial charge in [-0.05, 0) is 30.5 Å². The van der Waals surface area contributed by atoms with Crippen molar-refractivity contribution in [3.05, 3.63) is 33.8 Å². The average Bonchev–Trinajstić information content (AvgIpc) is 2.86. The van der Waals surface area contributed by atoms with Crippen LogP contribution in [0.4, 0.5) is 13.2 Å². The maximum Gasteiger partial charge on any atom is 0.416 e. The Kier molecular flexibility index (Phi) is 2.78. The van der Waals surface area contributed by atoms with Crippen LogP contribution in [-0.4, -0.2) is 10.7 Å². The van der Waals surface area contributed by atoms with Gasteiger partial charge in [0.1, 0.15) is 0 Å². The van der Waals surface area contributed by atoms with Crippen LogP contribution in [0.15, 0.2) is 22.7 Å². The number of benzene rings is 1. The second kappa shape index (κ2) is 3.74. The molecule has 0 spiro atoms. The van der Waals surface area contributed by atoms with E-state index in [1.54, 1.807) is 6.07 Å². The molecule has 0 radical (unpaired) electrons. The molecule has 5 heteroatoms. The minimum Gasteiger partial charge on any atom is -0.390 e. The van der Waals surface area contributed by atoms with E-state index in [-0.39, 0.29) is 12.0 Å². The van der Waals surface area contributed by atoms with Crippen molar-refractivity contribution in [2.45, 2.75) is 31.0 Å². The van der Waals surface area contributed by atoms with Crippen LogP contribution in [0.5, 0.6) is 0 Å². The fourth-order valence-electron chi connectivity index (χ4n) is 1.65. The van der Waals surface area contributed by atoms with Crippen molar-refractivity contribution in [1.29, 1.82) is 0 Å². The van der Waals surface area contributed by atoms with E-state index in [0.717, 1.165) is 6.07 Å². The van der Waals surface area contributed by atoms with E-state index < -0.39 is 17.3 Å². The molecule has 1 aliphatic rings. The molecule has 1 aromatic carbocycles. The van der Waals surface area contributed by atoms with Gasteiger partial charge in [-0.3, -0.25) is 0 Å². The summed E-state index contributed by atoms with van der Waals surface area (Å²) in [5, 5.41) is 9.71. The van der Waals surface area contributed by atoms with E-state index in [9.17, 15) is 18.3 Å².